The van der Waals surface area contributed by atoms with E-state index in [1.807, 2.05) is 0 Å². The van der Waals surface area contributed by atoms with Crippen LogP contribution in [0.2, 0.25) is 5.02 Å². The zero-order valence-electron chi connectivity index (χ0n) is 15.7. The maximum atomic E-state index is 13.0. The van der Waals surface area contributed by atoms with Gasteiger partial charge >= 0.3 is 6.18 Å². The van der Waals surface area contributed by atoms with Gasteiger partial charge in [0.2, 0.25) is 5.91 Å². The van der Waals surface area contributed by atoms with Crippen molar-refractivity contribution >= 4 is 51.6 Å². The van der Waals surface area contributed by atoms with Gasteiger partial charge in [0.25, 0.3) is 5.91 Å². The van der Waals surface area contributed by atoms with Crippen molar-refractivity contribution in [3.8, 4) is 0 Å². The van der Waals surface area contributed by atoms with Gasteiger partial charge in [-0.25, -0.2) is 4.98 Å². The largest absolute Gasteiger partial charge is 0.416 e. The summed E-state index contributed by atoms with van der Waals surface area (Å²) in [5.41, 5.74) is 5.04. The Labute approximate surface area is 188 Å². The lowest BCUT2D eigenvalue weighted by Crippen LogP contribution is -2.15. The second-order valence-electron chi connectivity index (χ2n) is 6.32. The van der Waals surface area contributed by atoms with Crippen LogP contribution in [-0.4, -0.2) is 22.6 Å². The number of aromatic nitrogens is 1. The Bertz CT molecular complexity index is 1120. The number of primary amides is 1. The molecule has 0 fully saturated rings. The lowest BCUT2D eigenvalue weighted by Gasteiger charge is -2.09. The Balaban J connectivity index is 1.73. The highest BCUT2D eigenvalue weighted by molar-refractivity contribution is 8.00. The van der Waals surface area contributed by atoms with E-state index in [9.17, 15) is 22.8 Å². The highest BCUT2D eigenvalue weighted by Crippen LogP contribution is 2.33. The average molecular weight is 486 g/mol. The number of hydrogen-bond acceptors (Lipinski definition) is 5. The fourth-order valence-corrected chi connectivity index (χ4v) is 4.42. The molecule has 1 aromatic heterocycles. The number of nitrogens with zero attached hydrogens (tertiary/aromatic N) is 1. The predicted molar refractivity (Wildman–Crippen MR) is 116 cm³/mol. The van der Waals surface area contributed by atoms with Gasteiger partial charge in [-0.1, -0.05) is 23.7 Å². The number of alkyl halides is 3. The minimum absolute atomic E-state index is 0.0312. The Morgan fingerprint density at radius 1 is 1.19 bits per heavy atom. The first kappa shape index (κ1) is 23.1. The van der Waals surface area contributed by atoms with E-state index in [1.165, 1.54) is 12.3 Å². The second kappa shape index (κ2) is 9.71. The number of benzene rings is 2. The summed E-state index contributed by atoms with van der Waals surface area (Å²) >= 11 is 8.33. The fraction of sp³-hybridized carbons (Fsp3) is 0.150. The van der Waals surface area contributed by atoms with Gasteiger partial charge in [-0.15, -0.1) is 23.1 Å². The number of halogens is 4. The van der Waals surface area contributed by atoms with Crippen LogP contribution >= 0.6 is 34.7 Å². The fourth-order valence-electron chi connectivity index (χ4n) is 2.61. The summed E-state index contributed by atoms with van der Waals surface area (Å²) in [6, 6.07) is 9.88. The number of thiazole rings is 1. The van der Waals surface area contributed by atoms with Crippen molar-refractivity contribution in [2.45, 2.75) is 17.5 Å². The monoisotopic (exact) mass is 485 g/mol. The zero-order chi connectivity index (χ0) is 22.6. The highest BCUT2D eigenvalue weighted by atomic mass is 35.5. The summed E-state index contributed by atoms with van der Waals surface area (Å²) in [4.78, 5) is 29.0. The first-order valence-corrected chi connectivity index (χ1v) is 10.9. The van der Waals surface area contributed by atoms with Gasteiger partial charge in [-0.3, -0.25) is 14.9 Å². The average Bonchev–Trinajstić information content (AvgIpc) is 3.14. The van der Waals surface area contributed by atoms with Crippen molar-refractivity contribution < 1.29 is 22.8 Å². The molecule has 0 aliphatic carbocycles. The number of rotatable bonds is 7. The van der Waals surface area contributed by atoms with Gasteiger partial charge in [-0.2, -0.15) is 13.2 Å². The van der Waals surface area contributed by atoms with Crippen LogP contribution in [0, 0.1) is 0 Å². The van der Waals surface area contributed by atoms with Crippen molar-refractivity contribution in [3.05, 3.63) is 75.3 Å². The van der Waals surface area contributed by atoms with Crippen LogP contribution in [0.5, 0.6) is 0 Å². The molecule has 1 heterocycles. The molecule has 0 unspecified atom stereocenters. The number of carbonyl (C=O) groups excluding carboxylic acids is 2. The maximum absolute atomic E-state index is 13.0. The van der Waals surface area contributed by atoms with E-state index < -0.39 is 23.6 Å². The predicted octanol–water partition coefficient (Wildman–Crippen LogP) is 5.24. The summed E-state index contributed by atoms with van der Waals surface area (Å²) < 4.78 is 38.9. The van der Waals surface area contributed by atoms with E-state index in [4.69, 9.17) is 17.3 Å². The van der Waals surface area contributed by atoms with Crippen molar-refractivity contribution in [1.29, 1.82) is 0 Å². The van der Waals surface area contributed by atoms with Crippen LogP contribution in [0.15, 0.2) is 53.6 Å². The molecule has 31 heavy (non-hydrogen) atoms. The molecule has 3 aromatic rings. The topological polar surface area (TPSA) is 85.1 Å². The Morgan fingerprint density at radius 3 is 2.65 bits per heavy atom. The standard InChI is InChI=1S/C20H15ClF3N3O2S2/c21-15-6-5-12(20(22,23)24)7-11(15)8-13-9-26-19(31-13)27-18(29)14-3-1-2-4-16(14)30-10-17(25)28/h1-7,9H,8,10H2,(H2,25,28)(H,26,27,29). The quantitative estimate of drug-likeness (QED) is 0.448. The lowest BCUT2D eigenvalue weighted by molar-refractivity contribution is -0.137. The van der Waals surface area contributed by atoms with Gasteiger partial charge in [0, 0.05) is 27.4 Å². The maximum Gasteiger partial charge on any atom is 0.416 e. The molecule has 0 bridgehead atoms. The molecule has 0 saturated heterocycles. The summed E-state index contributed by atoms with van der Waals surface area (Å²) in [5, 5.41) is 3.17. The van der Waals surface area contributed by atoms with Crippen LogP contribution in [0.1, 0.15) is 26.4 Å². The minimum Gasteiger partial charge on any atom is -0.369 e. The molecular weight excluding hydrogens is 471 g/mol. The van der Waals surface area contributed by atoms with Crippen LogP contribution < -0.4 is 11.1 Å². The first-order chi connectivity index (χ1) is 14.6. The van der Waals surface area contributed by atoms with E-state index in [0.29, 0.717) is 20.9 Å². The van der Waals surface area contributed by atoms with Gasteiger partial charge < -0.3 is 5.73 Å². The van der Waals surface area contributed by atoms with Crippen LogP contribution in [0.25, 0.3) is 0 Å². The molecule has 2 aromatic carbocycles. The number of amides is 2. The van der Waals surface area contributed by atoms with Gasteiger partial charge in [0.1, 0.15) is 0 Å². The molecule has 0 aliphatic rings. The van der Waals surface area contributed by atoms with E-state index in [-0.39, 0.29) is 22.3 Å². The smallest absolute Gasteiger partial charge is 0.369 e. The zero-order valence-corrected chi connectivity index (χ0v) is 18.1. The Morgan fingerprint density at radius 2 is 1.94 bits per heavy atom. The highest BCUT2D eigenvalue weighted by Gasteiger charge is 2.31. The van der Waals surface area contributed by atoms with Crippen LogP contribution in [0.4, 0.5) is 18.3 Å². The lowest BCUT2D eigenvalue weighted by atomic mass is 10.1. The third-order valence-electron chi connectivity index (χ3n) is 4.01. The summed E-state index contributed by atoms with van der Waals surface area (Å²) in [6.07, 6.45) is -2.85. The molecule has 0 atom stereocenters. The summed E-state index contributed by atoms with van der Waals surface area (Å²) in [7, 11) is 0. The molecular formula is C20H15ClF3N3O2S2. The van der Waals surface area contributed by atoms with Crippen LogP contribution in [0.3, 0.4) is 0 Å². The third kappa shape index (κ3) is 6.22. The molecule has 2 amide bonds. The number of nitrogens with one attached hydrogen (secondary N) is 1. The summed E-state index contributed by atoms with van der Waals surface area (Å²) in [5.74, 6) is -0.896. The molecule has 3 N–H and O–H groups in total. The van der Waals surface area contributed by atoms with Gasteiger partial charge in [0.15, 0.2) is 5.13 Å². The number of nitrogens with two attached hydrogens (primary N) is 1. The number of carbonyl (C=O) groups is 2. The first-order valence-electron chi connectivity index (χ1n) is 8.75. The summed E-state index contributed by atoms with van der Waals surface area (Å²) in [6.45, 7) is 0. The van der Waals surface area contributed by atoms with Crippen molar-refractivity contribution in [2.75, 3.05) is 11.1 Å². The Kier molecular flexibility index (Phi) is 7.24. The Hall–Kier alpha value is -2.56. The van der Waals surface area contributed by atoms with Crippen LogP contribution in [-0.2, 0) is 17.4 Å². The molecule has 0 aliphatic heterocycles. The van der Waals surface area contributed by atoms with E-state index >= 15 is 0 Å². The number of thioether (sulfide) groups is 1. The molecule has 162 valence electrons. The van der Waals surface area contributed by atoms with E-state index in [2.05, 4.69) is 10.3 Å². The van der Waals surface area contributed by atoms with Crippen molar-refractivity contribution in [2.24, 2.45) is 5.73 Å². The SMILES string of the molecule is NC(=O)CSc1ccccc1C(=O)Nc1ncc(Cc2cc(C(F)(F)F)ccc2Cl)s1. The molecule has 11 heteroatoms. The molecule has 0 radical (unpaired) electrons. The number of anilines is 1. The van der Waals surface area contributed by atoms with E-state index in [0.717, 1.165) is 35.2 Å². The van der Waals surface area contributed by atoms with Crippen molar-refractivity contribution in [1.82, 2.24) is 4.98 Å². The van der Waals surface area contributed by atoms with Crippen molar-refractivity contribution in [3.63, 3.8) is 0 Å². The molecule has 5 nitrogen and oxygen atoms in total. The minimum atomic E-state index is -4.47. The third-order valence-corrected chi connectivity index (χ3v) is 6.39. The second-order valence-corrected chi connectivity index (χ2v) is 8.86. The molecule has 3 rings (SSSR count). The van der Waals surface area contributed by atoms with Gasteiger partial charge in [0.05, 0.1) is 16.9 Å². The molecule has 0 spiro atoms. The normalized spacial score (nSPS) is 11.4. The number of hydrogen-bond donors (Lipinski definition) is 2. The van der Waals surface area contributed by atoms with Gasteiger partial charge in [-0.05, 0) is 35.9 Å². The molecule has 0 saturated carbocycles. The van der Waals surface area contributed by atoms with E-state index in [1.54, 1.807) is 24.3 Å².